The van der Waals surface area contributed by atoms with Gasteiger partial charge in [-0.2, -0.15) is 0 Å². The van der Waals surface area contributed by atoms with Crippen LogP contribution in [0.5, 0.6) is 5.88 Å². The summed E-state index contributed by atoms with van der Waals surface area (Å²) in [5, 5.41) is 4.37. The van der Waals surface area contributed by atoms with Gasteiger partial charge in [0.2, 0.25) is 5.88 Å². The van der Waals surface area contributed by atoms with E-state index >= 15 is 0 Å². The van der Waals surface area contributed by atoms with E-state index in [1.54, 1.807) is 13.3 Å². The van der Waals surface area contributed by atoms with Crippen LogP contribution in [0, 0.1) is 0 Å². The first kappa shape index (κ1) is 11.5. The van der Waals surface area contributed by atoms with Gasteiger partial charge in [0.05, 0.1) is 36.4 Å². The molecule has 0 saturated heterocycles. The van der Waals surface area contributed by atoms with Gasteiger partial charge in [0.15, 0.2) is 0 Å². The number of methoxy groups -OCH3 is 1. The van der Waals surface area contributed by atoms with Gasteiger partial charge >= 0.3 is 0 Å². The Labute approximate surface area is 111 Å². The number of hydrogen-bond donors (Lipinski definition) is 1. The predicted molar refractivity (Wildman–Crippen MR) is 75.8 cm³/mol. The first-order chi connectivity index (χ1) is 9.35. The molecule has 0 aliphatic carbocycles. The molecule has 19 heavy (non-hydrogen) atoms. The molecule has 0 atom stereocenters. The minimum atomic E-state index is 0.599. The summed E-state index contributed by atoms with van der Waals surface area (Å²) in [6.07, 6.45) is 3.54. The fourth-order valence-corrected chi connectivity index (χ4v) is 1.88. The molecule has 0 unspecified atom stereocenters. The molecule has 4 nitrogen and oxygen atoms in total. The van der Waals surface area contributed by atoms with Crippen molar-refractivity contribution in [3.05, 3.63) is 54.9 Å². The third kappa shape index (κ3) is 2.47. The standard InChI is InChI=1S/C15H13N3O/c1-19-15-7-6-12(9-17-15)18-13-8-11-4-2-3-5-14(11)16-10-13/h2-10,18H,1H3. The maximum absolute atomic E-state index is 5.03. The van der Waals surface area contributed by atoms with Crippen molar-refractivity contribution in [3.8, 4) is 5.88 Å². The summed E-state index contributed by atoms with van der Waals surface area (Å²) in [4.78, 5) is 8.55. The highest BCUT2D eigenvalue weighted by Gasteiger charge is 1.99. The molecule has 0 aliphatic heterocycles. The molecule has 2 heterocycles. The number of nitrogens with zero attached hydrogens (tertiary/aromatic N) is 2. The van der Waals surface area contributed by atoms with Crippen LogP contribution < -0.4 is 10.1 Å². The second kappa shape index (κ2) is 4.94. The van der Waals surface area contributed by atoms with E-state index in [-0.39, 0.29) is 0 Å². The molecule has 0 radical (unpaired) electrons. The van der Waals surface area contributed by atoms with E-state index < -0.39 is 0 Å². The van der Waals surface area contributed by atoms with Crippen LogP contribution in [-0.4, -0.2) is 17.1 Å². The lowest BCUT2D eigenvalue weighted by Crippen LogP contribution is -1.93. The van der Waals surface area contributed by atoms with Gasteiger partial charge in [-0.05, 0) is 18.2 Å². The number of fused-ring (bicyclic) bond motifs is 1. The number of rotatable bonds is 3. The molecule has 4 heteroatoms. The number of ether oxygens (including phenoxy) is 1. The monoisotopic (exact) mass is 251 g/mol. The number of pyridine rings is 2. The van der Waals surface area contributed by atoms with E-state index in [0.717, 1.165) is 22.3 Å². The minimum absolute atomic E-state index is 0.599. The average molecular weight is 251 g/mol. The number of para-hydroxylation sites is 1. The first-order valence-electron chi connectivity index (χ1n) is 5.97. The molecule has 0 aliphatic rings. The molecular formula is C15H13N3O. The summed E-state index contributed by atoms with van der Waals surface area (Å²) in [6.45, 7) is 0. The normalized spacial score (nSPS) is 10.4. The Kier molecular flexibility index (Phi) is 2.98. The summed E-state index contributed by atoms with van der Waals surface area (Å²) in [5.41, 5.74) is 2.82. The van der Waals surface area contributed by atoms with Gasteiger partial charge in [-0.1, -0.05) is 18.2 Å². The van der Waals surface area contributed by atoms with Crippen molar-refractivity contribution in [3.63, 3.8) is 0 Å². The molecule has 0 bridgehead atoms. The van der Waals surface area contributed by atoms with E-state index in [1.807, 2.05) is 42.6 Å². The highest BCUT2D eigenvalue weighted by molar-refractivity contribution is 5.82. The molecule has 3 rings (SSSR count). The summed E-state index contributed by atoms with van der Waals surface area (Å²) >= 11 is 0. The van der Waals surface area contributed by atoms with Crippen LogP contribution in [-0.2, 0) is 0 Å². The zero-order valence-electron chi connectivity index (χ0n) is 10.5. The van der Waals surface area contributed by atoms with Gasteiger partial charge in [0, 0.05) is 11.5 Å². The molecule has 1 N–H and O–H groups in total. The quantitative estimate of drug-likeness (QED) is 0.775. The molecule has 94 valence electrons. The van der Waals surface area contributed by atoms with Crippen LogP contribution in [0.3, 0.4) is 0 Å². The number of nitrogens with one attached hydrogen (secondary N) is 1. The van der Waals surface area contributed by atoms with Gasteiger partial charge in [-0.3, -0.25) is 4.98 Å². The highest BCUT2D eigenvalue weighted by atomic mass is 16.5. The maximum atomic E-state index is 5.03. The lowest BCUT2D eigenvalue weighted by molar-refractivity contribution is 0.398. The molecule has 3 aromatic rings. The third-order valence-electron chi connectivity index (χ3n) is 2.82. The van der Waals surface area contributed by atoms with Crippen molar-refractivity contribution in [1.82, 2.24) is 9.97 Å². The predicted octanol–water partition coefficient (Wildman–Crippen LogP) is 3.38. The van der Waals surface area contributed by atoms with Crippen molar-refractivity contribution in [2.24, 2.45) is 0 Å². The Bertz CT molecular complexity index is 695. The SMILES string of the molecule is COc1ccc(Nc2cnc3ccccc3c2)cn1. The molecule has 1 aromatic carbocycles. The highest BCUT2D eigenvalue weighted by Crippen LogP contribution is 2.20. The van der Waals surface area contributed by atoms with Crippen LogP contribution in [0.15, 0.2) is 54.9 Å². The van der Waals surface area contributed by atoms with Crippen LogP contribution in [0.2, 0.25) is 0 Å². The second-order valence-electron chi connectivity index (χ2n) is 4.13. The zero-order chi connectivity index (χ0) is 13.1. The van der Waals surface area contributed by atoms with E-state index in [9.17, 15) is 0 Å². The maximum Gasteiger partial charge on any atom is 0.213 e. The summed E-state index contributed by atoms with van der Waals surface area (Å²) in [6, 6.07) is 13.8. The fraction of sp³-hybridized carbons (Fsp3) is 0.0667. The molecule has 0 fully saturated rings. The summed E-state index contributed by atoms with van der Waals surface area (Å²) in [5.74, 6) is 0.599. The largest absolute Gasteiger partial charge is 0.481 e. The van der Waals surface area contributed by atoms with E-state index in [4.69, 9.17) is 4.74 Å². The number of hydrogen-bond acceptors (Lipinski definition) is 4. The van der Waals surface area contributed by atoms with Crippen molar-refractivity contribution in [1.29, 1.82) is 0 Å². The second-order valence-corrected chi connectivity index (χ2v) is 4.13. The van der Waals surface area contributed by atoms with Crippen molar-refractivity contribution in [2.45, 2.75) is 0 Å². The van der Waals surface area contributed by atoms with Gasteiger partial charge < -0.3 is 10.1 Å². The Morgan fingerprint density at radius 3 is 2.58 bits per heavy atom. The van der Waals surface area contributed by atoms with Gasteiger partial charge in [-0.15, -0.1) is 0 Å². The van der Waals surface area contributed by atoms with E-state index in [2.05, 4.69) is 21.4 Å². The number of anilines is 2. The number of benzene rings is 1. The Morgan fingerprint density at radius 2 is 1.79 bits per heavy atom. The van der Waals surface area contributed by atoms with Crippen molar-refractivity contribution < 1.29 is 4.74 Å². The van der Waals surface area contributed by atoms with Crippen molar-refractivity contribution in [2.75, 3.05) is 12.4 Å². The lowest BCUT2D eigenvalue weighted by Gasteiger charge is -2.07. The van der Waals surface area contributed by atoms with Crippen LogP contribution in [0.25, 0.3) is 10.9 Å². The third-order valence-corrected chi connectivity index (χ3v) is 2.82. The van der Waals surface area contributed by atoms with E-state index in [1.165, 1.54) is 0 Å². The van der Waals surface area contributed by atoms with E-state index in [0.29, 0.717) is 5.88 Å². The Balaban J connectivity index is 1.87. The van der Waals surface area contributed by atoms with Crippen LogP contribution >= 0.6 is 0 Å². The summed E-state index contributed by atoms with van der Waals surface area (Å²) < 4.78 is 5.03. The molecular weight excluding hydrogens is 238 g/mol. The van der Waals surface area contributed by atoms with Gasteiger partial charge in [-0.25, -0.2) is 4.98 Å². The molecule has 0 spiro atoms. The molecule has 0 saturated carbocycles. The van der Waals surface area contributed by atoms with Crippen molar-refractivity contribution >= 4 is 22.3 Å². The topological polar surface area (TPSA) is 47.0 Å². The minimum Gasteiger partial charge on any atom is -0.481 e. The Morgan fingerprint density at radius 1 is 0.947 bits per heavy atom. The van der Waals surface area contributed by atoms with Gasteiger partial charge in [0.1, 0.15) is 0 Å². The summed E-state index contributed by atoms with van der Waals surface area (Å²) in [7, 11) is 1.60. The number of aromatic nitrogens is 2. The first-order valence-corrected chi connectivity index (χ1v) is 5.97. The zero-order valence-corrected chi connectivity index (χ0v) is 10.5. The van der Waals surface area contributed by atoms with Crippen LogP contribution in [0.4, 0.5) is 11.4 Å². The van der Waals surface area contributed by atoms with Gasteiger partial charge in [0.25, 0.3) is 0 Å². The fourth-order valence-electron chi connectivity index (χ4n) is 1.88. The molecule has 2 aromatic heterocycles. The average Bonchev–Trinajstić information content (AvgIpc) is 2.48. The smallest absolute Gasteiger partial charge is 0.213 e. The van der Waals surface area contributed by atoms with Crippen LogP contribution in [0.1, 0.15) is 0 Å². The Hall–Kier alpha value is -2.62. The lowest BCUT2D eigenvalue weighted by atomic mass is 10.2. The molecule has 0 amide bonds.